The molecule has 0 saturated heterocycles. The van der Waals surface area contributed by atoms with Gasteiger partial charge >= 0.3 is 0 Å². The number of ether oxygens (including phenoxy) is 1. The van der Waals surface area contributed by atoms with Crippen LogP contribution < -0.4 is 9.64 Å². The van der Waals surface area contributed by atoms with Gasteiger partial charge in [0, 0.05) is 29.6 Å². The molecule has 6 atom stereocenters. The lowest BCUT2D eigenvalue weighted by atomic mass is 9.46. The van der Waals surface area contributed by atoms with Gasteiger partial charge in [0.25, 0.3) is 0 Å². The number of para-hydroxylation sites is 2. The van der Waals surface area contributed by atoms with Gasteiger partial charge in [-0.2, -0.15) is 0 Å². The fourth-order valence-corrected chi connectivity index (χ4v) is 9.99. The number of Topliss-reactive ketones (excluding diaryl/α,β-unsaturated/α-hetero) is 1. The van der Waals surface area contributed by atoms with Crippen molar-refractivity contribution in [3.8, 4) is 5.75 Å². The SMILES string of the molecule is COc1ccccc1N(C(C)=O)c1nc2c(s1)C1CC[C@@H]3[C@H](CC[C@]4(C)C(=O)CC[C@@H]34)[C@@]1(C)CC2. The van der Waals surface area contributed by atoms with Crippen molar-refractivity contribution in [1.82, 2.24) is 4.98 Å². The minimum Gasteiger partial charge on any atom is -0.495 e. The number of carbonyl (C=O) groups excluding carboxylic acids is 2. The highest BCUT2D eigenvalue weighted by Gasteiger charge is 2.60. The summed E-state index contributed by atoms with van der Waals surface area (Å²) in [6, 6.07) is 7.67. The number of ketones is 1. The maximum atomic E-state index is 12.8. The van der Waals surface area contributed by atoms with Crippen molar-refractivity contribution in [2.75, 3.05) is 12.0 Å². The molecule has 1 heterocycles. The Bertz CT molecular complexity index is 1190. The summed E-state index contributed by atoms with van der Waals surface area (Å²) < 4.78 is 5.57. The molecule has 0 N–H and O–H groups in total. The zero-order valence-corrected chi connectivity index (χ0v) is 22.1. The van der Waals surface area contributed by atoms with E-state index in [4.69, 9.17) is 9.72 Å². The zero-order chi connectivity index (χ0) is 24.5. The van der Waals surface area contributed by atoms with Crippen molar-refractivity contribution in [2.45, 2.75) is 78.1 Å². The predicted molar refractivity (Wildman–Crippen MR) is 138 cm³/mol. The first kappa shape index (κ1) is 23.2. The topological polar surface area (TPSA) is 59.5 Å². The highest BCUT2D eigenvalue weighted by atomic mass is 32.1. The second-order valence-corrected chi connectivity index (χ2v) is 12.8. The standard InChI is InChI=1S/C29H36N2O3S/c1-17(32)31(23-7-5-6-8-24(23)34-4)27-30-22-14-16-28(2)20-13-15-29(3)19(11-12-25(29)33)18(20)9-10-21(28)26(22)35-27/h5-8,18-21H,9-16H2,1-4H3/t18-,19-,20-,21?,28+,29-/m0/s1. The summed E-state index contributed by atoms with van der Waals surface area (Å²) in [5.74, 6) is 3.57. The van der Waals surface area contributed by atoms with Gasteiger partial charge in [0.2, 0.25) is 5.91 Å². The maximum absolute atomic E-state index is 12.8. The summed E-state index contributed by atoms with van der Waals surface area (Å²) in [5.41, 5.74) is 2.11. The van der Waals surface area contributed by atoms with Gasteiger partial charge in [0.05, 0.1) is 18.5 Å². The molecule has 4 aliphatic rings. The number of nitrogens with zero attached hydrogens (tertiary/aromatic N) is 2. The fraction of sp³-hybridized carbons (Fsp3) is 0.621. The highest BCUT2D eigenvalue weighted by Crippen LogP contribution is 2.67. The summed E-state index contributed by atoms with van der Waals surface area (Å²) in [6.07, 6.45) is 8.64. The van der Waals surface area contributed by atoms with Crippen LogP contribution in [-0.4, -0.2) is 23.8 Å². The first-order valence-electron chi connectivity index (χ1n) is 13.2. The fourth-order valence-electron chi connectivity index (χ4n) is 8.52. The molecule has 0 aliphatic heterocycles. The lowest BCUT2D eigenvalue weighted by Crippen LogP contribution is -2.52. The number of hydrogen-bond donors (Lipinski definition) is 0. The van der Waals surface area contributed by atoms with Crippen molar-refractivity contribution in [3.05, 3.63) is 34.8 Å². The Morgan fingerprint density at radius 3 is 2.66 bits per heavy atom. The molecule has 3 fully saturated rings. The third-order valence-electron chi connectivity index (χ3n) is 10.3. The summed E-state index contributed by atoms with van der Waals surface area (Å²) >= 11 is 1.71. The lowest BCUT2D eigenvalue weighted by Gasteiger charge is -2.59. The molecule has 186 valence electrons. The van der Waals surface area contributed by atoms with Crippen molar-refractivity contribution >= 4 is 33.8 Å². The third kappa shape index (κ3) is 3.28. The van der Waals surface area contributed by atoms with Crippen LogP contribution in [0.2, 0.25) is 0 Å². The largest absolute Gasteiger partial charge is 0.495 e. The van der Waals surface area contributed by atoms with E-state index in [1.807, 2.05) is 24.3 Å². The molecule has 5 nitrogen and oxygen atoms in total. The summed E-state index contributed by atoms with van der Waals surface area (Å²) in [7, 11) is 1.64. The molecule has 0 radical (unpaired) electrons. The lowest BCUT2D eigenvalue weighted by molar-refractivity contribution is -0.134. The molecule has 0 spiro atoms. The summed E-state index contributed by atoms with van der Waals surface area (Å²) in [4.78, 5) is 33.8. The van der Waals surface area contributed by atoms with Crippen LogP contribution >= 0.6 is 11.3 Å². The minimum atomic E-state index is -0.0709. The number of rotatable bonds is 3. The van der Waals surface area contributed by atoms with Crippen LogP contribution in [-0.2, 0) is 16.0 Å². The number of amides is 1. The zero-order valence-electron chi connectivity index (χ0n) is 21.3. The van der Waals surface area contributed by atoms with E-state index in [0.717, 1.165) is 42.9 Å². The Labute approximate surface area is 212 Å². The van der Waals surface area contributed by atoms with Crippen LogP contribution in [0.4, 0.5) is 10.8 Å². The second-order valence-electron chi connectivity index (χ2n) is 11.8. The van der Waals surface area contributed by atoms with Crippen molar-refractivity contribution < 1.29 is 14.3 Å². The number of aryl methyl sites for hydroxylation is 1. The number of hydrogen-bond acceptors (Lipinski definition) is 5. The molecule has 1 amide bonds. The van der Waals surface area contributed by atoms with Crippen LogP contribution in [0.3, 0.4) is 0 Å². The number of fused-ring (bicyclic) bond motifs is 7. The van der Waals surface area contributed by atoms with E-state index in [9.17, 15) is 9.59 Å². The number of thiazole rings is 1. The first-order chi connectivity index (χ1) is 16.8. The monoisotopic (exact) mass is 492 g/mol. The van der Waals surface area contributed by atoms with E-state index in [1.54, 1.807) is 30.3 Å². The number of aromatic nitrogens is 1. The Kier molecular flexibility index (Phi) is 5.41. The Morgan fingerprint density at radius 1 is 1.09 bits per heavy atom. The molecule has 4 aliphatic carbocycles. The van der Waals surface area contributed by atoms with Gasteiger partial charge in [-0.15, -0.1) is 11.3 Å². The second kappa shape index (κ2) is 8.16. The molecule has 3 saturated carbocycles. The minimum absolute atomic E-state index is 0.0514. The Morgan fingerprint density at radius 2 is 1.89 bits per heavy atom. The normalized spacial score (nSPS) is 35.5. The quantitative estimate of drug-likeness (QED) is 0.480. The van der Waals surface area contributed by atoms with Crippen molar-refractivity contribution in [2.24, 2.45) is 28.6 Å². The number of methoxy groups -OCH3 is 1. The molecular weight excluding hydrogens is 456 g/mol. The Balaban J connectivity index is 1.35. The molecular formula is C29H36N2O3S. The number of anilines is 2. The number of carbonyl (C=O) groups is 2. The van der Waals surface area contributed by atoms with Crippen LogP contribution in [0.1, 0.15) is 82.2 Å². The smallest absolute Gasteiger partial charge is 0.230 e. The van der Waals surface area contributed by atoms with Crippen molar-refractivity contribution in [3.63, 3.8) is 0 Å². The highest BCUT2D eigenvalue weighted by molar-refractivity contribution is 7.16. The van der Waals surface area contributed by atoms with Gasteiger partial charge in [0.1, 0.15) is 11.5 Å². The van der Waals surface area contributed by atoms with Crippen LogP contribution in [0.5, 0.6) is 5.75 Å². The van der Waals surface area contributed by atoms with Gasteiger partial charge in [-0.25, -0.2) is 4.98 Å². The van der Waals surface area contributed by atoms with Gasteiger partial charge < -0.3 is 4.74 Å². The van der Waals surface area contributed by atoms with E-state index < -0.39 is 0 Å². The van der Waals surface area contributed by atoms with Crippen molar-refractivity contribution in [1.29, 1.82) is 0 Å². The predicted octanol–water partition coefficient (Wildman–Crippen LogP) is 6.68. The van der Waals surface area contributed by atoms with Crippen LogP contribution in [0, 0.1) is 28.6 Å². The van der Waals surface area contributed by atoms with E-state index in [1.165, 1.54) is 29.8 Å². The van der Waals surface area contributed by atoms with Gasteiger partial charge in [0.15, 0.2) is 5.13 Å². The van der Waals surface area contributed by atoms with Crippen LogP contribution in [0.15, 0.2) is 24.3 Å². The van der Waals surface area contributed by atoms with E-state index in [0.29, 0.717) is 35.2 Å². The van der Waals surface area contributed by atoms with E-state index in [-0.39, 0.29) is 16.7 Å². The summed E-state index contributed by atoms with van der Waals surface area (Å²) in [6.45, 7) is 6.39. The molecule has 35 heavy (non-hydrogen) atoms. The van der Waals surface area contributed by atoms with Crippen LogP contribution in [0.25, 0.3) is 0 Å². The molecule has 6 rings (SSSR count). The molecule has 0 bridgehead atoms. The maximum Gasteiger partial charge on any atom is 0.230 e. The summed E-state index contributed by atoms with van der Waals surface area (Å²) in [5, 5.41) is 0.760. The Hall–Kier alpha value is -2.21. The van der Waals surface area contributed by atoms with E-state index >= 15 is 0 Å². The van der Waals surface area contributed by atoms with Gasteiger partial charge in [-0.1, -0.05) is 26.0 Å². The average Bonchev–Trinajstić information content (AvgIpc) is 3.39. The van der Waals surface area contributed by atoms with Gasteiger partial charge in [-0.3, -0.25) is 14.5 Å². The molecule has 1 aromatic carbocycles. The first-order valence-corrected chi connectivity index (χ1v) is 14.1. The van der Waals surface area contributed by atoms with Gasteiger partial charge in [-0.05, 0) is 80.2 Å². The molecule has 2 aromatic rings. The average molecular weight is 493 g/mol. The number of benzene rings is 1. The van der Waals surface area contributed by atoms with E-state index in [2.05, 4.69) is 13.8 Å². The molecule has 1 unspecified atom stereocenters. The third-order valence-corrected chi connectivity index (χ3v) is 11.5. The molecule has 6 heteroatoms. The molecule has 1 aromatic heterocycles.